The number of hydrogen-bond acceptors (Lipinski definition) is 14. The molecule has 1 aliphatic carbocycles. The van der Waals surface area contributed by atoms with Crippen LogP contribution in [0.2, 0.25) is 15.1 Å². The molecule has 0 bridgehead atoms. The molecule has 0 amide bonds. The Morgan fingerprint density at radius 2 is 1.50 bits per heavy atom. The van der Waals surface area contributed by atoms with Gasteiger partial charge in [-0.1, -0.05) is 71.2 Å². The van der Waals surface area contributed by atoms with Crippen LogP contribution in [0.1, 0.15) is 37.3 Å². The molecule has 336 valence electrons. The number of rotatable bonds is 15. The number of benzene rings is 4. The molecule has 64 heavy (non-hydrogen) atoms. The fourth-order valence-corrected chi connectivity index (χ4v) is 9.86. The van der Waals surface area contributed by atoms with Crippen molar-refractivity contribution in [3.63, 3.8) is 0 Å². The van der Waals surface area contributed by atoms with Gasteiger partial charge in [-0.25, -0.2) is 23.1 Å². The zero-order valence-electron chi connectivity index (χ0n) is 33.8. The monoisotopic (exact) mass is 1010 g/mol. The number of anilines is 3. The van der Waals surface area contributed by atoms with Gasteiger partial charge in [-0.3, -0.25) is 9.93 Å². The Morgan fingerprint density at radius 3 is 2.20 bits per heavy atom. The Balaban J connectivity index is 0.000000192. The standard InChI is InChI=1S/C22H20Cl2FN3OS2.C22H21ClF2N4O2S2/c23-14-6-4-13(5-7-14)15-2-1-3-19(26)16(15)10-29-20-9-18(25)21(8-17(20)24)31-28-22-11-30-12-27-22;1-13(22-16(3-2-8-26-22)14-4-6-15(24)7-5-14)31-20-10-18(25)19(9-17(20)23)29(30)33-28-21-11-32-12-27-21/h2,4-9,11-12,16,19,28H,1,3,10,26H2;3-7,9-13,22,26,28,30H,2,8H2,1H3. The van der Waals surface area contributed by atoms with E-state index in [1.165, 1.54) is 46.9 Å². The predicted octanol–water partition coefficient (Wildman–Crippen LogP) is 13.1. The molecule has 1 aliphatic heterocycles. The Bertz CT molecular complexity index is 2530. The van der Waals surface area contributed by atoms with Crippen molar-refractivity contribution in [2.24, 2.45) is 11.7 Å². The summed E-state index contributed by atoms with van der Waals surface area (Å²) >= 11 is 23.5. The smallest absolute Gasteiger partial charge is 0.153 e. The molecule has 2 aliphatic rings. The fourth-order valence-electron chi connectivity index (χ4n) is 6.94. The summed E-state index contributed by atoms with van der Waals surface area (Å²) in [5, 5.41) is 18.4. The van der Waals surface area contributed by atoms with Crippen LogP contribution in [-0.2, 0) is 0 Å². The normalized spacial score (nSPS) is 17.6. The van der Waals surface area contributed by atoms with Gasteiger partial charge in [-0.2, -0.15) is 4.47 Å². The maximum atomic E-state index is 14.8. The average Bonchev–Trinajstić information content (AvgIpc) is 4.03. The Hall–Kier alpha value is -4.14. The van der Waals surface area contributed by atoms with Gasteiger partial charge in [0.1, 0.15) is 46.6 Å². The fraction of sp³-hybridized carbons (Fsp3) is 0.227. The van der Waals surface area contributed by atoms with E-state index in [9.17, 15) is 18.4 Å². The van der Waals surface area contributed by atoms with Crippen molar-refractivity contribution in [2.45, 2.75) is 49.3 Å². The van der Waals surface area contributed by atoms with E-state index in [0.717, 1.165) is 78.2 Å². The van der Waals surface area contributed by atoms with Crippen molar-refractivity contribution in [1.29, 1.82) is 0 Å². The minimum absolute atomic E-state index is 0.0329. The number of allylic oxidation sites excluding steroid dienone is 1. The molecule has 0 radical (unpaired) electrons. The molecule has 6 N–H and O–H groups in total. The maximum absolute atomic E-state index is 14.8. The van der Waals surface area contributed by atoms with Gasteiger partial charge in [-0.15, -0.1) is 22.7 Å². The second-order valence-corrected chi connectivity index (χ2v) is 18.7. The molecule has 0 saturated carbocycles. The molecule has 2 aromatic heterocycles. The van der Waals surface area contributed by atoms with Gasteiger partial charge in [0, 0.05) is 39.9 Å². The highest BCUT2D eigenvalue weighted by molar-refractivity contribution is 8.01. The molecule has 4 unspecified atom stereocenters. The SMILES string of the molecule is CC(Oc1cc(F)c(N(O)SNc2cscn2)cc1Cl)C1NCCC=C1c1ccc(F)cc1.NC1CCC=C(c2ccc(Cl)cc2)C1COc1cc(F)c(SNc2cscn2)cc1Cl. The first-order chi connectivity index (χ1) is 30.9. The number of thiazole rings is 2. The van der Waals surface area contributed by atoms with Gasteiger partial charge in [-0.05, 0) is 103 Å². The van der Waals surface area contributed by atoms with E-state index in [4.69, 9.17) is 50.0 Å². The molecular formula is C44H41Cl3F3N7O3S4. The highest BCUT2D eigenvalue weighted by Gasteiger charge is 2.29. The lowest BCUT2D eigenvalue weighted by atomic mass is 9.81. The molecular weight excluding hydrogens is 966 g/mol. The summed E-state index contributed by atoms with van der Waals surface area (Å²) in [6.45, 7) is 2.92. The molecule has 0 saturated heterocycles. The lowest BCUT2D eigenvalue weighted by Crippen LogP contribution is -2.44. The summed E-state index contributed by atoms with van der Waals surface area (Å²) in [6, 6.07) is 19.0. The number of nitrogens with one attached hydrogen (secondary N) is 3. The minimum Gasteiger partial charge on any atom is -0.491 e. The van der Waals surface area contributed by atoms with Gasteiger partial charge in [0.25, 0.3) is 0 Å². The second kappa shape index (κ2) is 22.9. The van der Waals surface area contributed by atoms with Crippen LogP contribution in [0.15, 0.2) is 112 Å². The van der Waals surface area contributed by atoms with Gasteiger partial charge < -0.3 is 25.2 Å². The Kier molecular flexibility index (Phi) is 17.1. The largest absolute Gasteiger partial charge is 0.491 e. The van der Waals surface area contributed by atoms with Crippen LogP contribution in [0.25, 0.3) is 11.1 Å². The van der Waals surface area contributed by atoms with Crippen LogP contribution in [0, 0.1) is 23.4 Å². The van der Waals surface area contributed by atoms with Crippen LogP contribution < -0.4 is 34.4 Å². The van der Waals surface area contributed by atoms with E-state index in [1.54, 1.807) is 34.6 Å². The van der Waals surface area contributed by atoms with Crippen LogP contribution in [0.4, 0.5) is 30.5 Å². The number of nitrogens with two attached hydrogens (primary N) is 1. The molecule has 6 aromatic rings. The van der Waals surface area contributed by atoms with Gasteiger partial charge in [0.15, 0.2) is 5.82 Å². The van der Waals surface area contributed by atoms with Crippen molar-refractivity contribution in [2.75, 3.05) is 27.1 Å². The summed E-state index contributed by atoms with van der Waals surface area (Å²) in [5.74, 6) is 0.190. The summed E-state index contributed by atoms with van der Waals surface area (Å²) in [4.78, 5) is 8.50. The molecule has 4 aromatic carbocycles. The van der Waals surface area contributed by atoms with Crippen molar-refractivity contribution in [1.82, 2.24) is 15.3 Å². The summed E-state index contributed by atoms with van der Waals surface area (Å²) in [5.41, 5.74) is 13.7. The van der Waals surface area contributed by atoms with Gasteiger partial charge in [0.2, 0.25) is 0 Å². The van der Waals surface area contributed by atoms with E-state index >= 15 is 0 Å². The molecule has 10 nitrogen and oxygen atoms in total. The molecule has 8 rings (SSSR count). The van der Waals surface area contributed by atoms with Crippen molar-refractivity contribution >= 4 is 110 Å². The van der Waals surface area contributed by atoms with Gasteiger partial charge >= 0.3 is 0 Å². The highest BCUT2D eigenvalue weighted by atomic mass is 35.5. The third-order valence-corrected chi connectivity index (χ3v) is 13.6. The van der Waals surface area contributed by atoms with Crippen LogP contribution in [0.5, 0.6) is 11.5 Å². The van der Waals surface area contributed by atoms with E-state index in [-0.39, 0.29) is 40.3 Å². The molecule has 4 atom stereocenters. The van der Waals surface area contributed by atoms with Crippen molar-refractivity contribution < 1.29 is 27.9 Å². The Labute approximate surface area is 400 Å². The van der Waals surface area contributed by atoms with Crippen molar-refractivity contribution in [3.8, 4) is 11.5 Å². The number of halogens is 6. The first-order valence-corrected chi connectivity index (χ1v) is 24.3. The van der Waals surface area contributed by atoms with E-state index < -0.39 is 17.7 Å². The Morgan fingerprint density at radius 1 is 0.859 bits per heavy atom. The van der Waals surface area contributed by atoms with Crippen LogP contribution in [0.3, 0.4) is 0 Å². The first kappa shape index (κ1) is 47.8. The second-order valence-electron chi connectivity index (χ2n) is 14.4. The van der Waals surface area contributed by atoms with E-state index in [1.807, 2.05) is 36.6 Å². The lowest BCUT2D eigenvalue weighted by Gasteiger charge is -2.31. The summed E-state index contributed by atoms with van der Waals surface area (Å²) in [7, 11) is 0. The lowest BCUT2D eigenvalue weighted by molar-refractivity contribution is 0.191. The molecule has 0 spiro atoms. The molecule has 0 fully saturated rings. The topological polar surface area (TPSA) is 130 Å². The number of ether oxygens (including phenoxy) is 2. The summed E-state index contributed by atoms with van der Waals surface area (Å²) in [6.07, 6.45) is 6.48. The predicted molar refractivity (Wildman–Crippen MR) is 259 cm³/mol. The maximum Gasteiger partial charge on any atom is 0.153 e. The first-order valence-electron chi connectivity index (χ1n) is 19.7. The van der Waals surface area contributed by atoms with Crippen molar-refractivity contribution in [3.05, 3.63) is 150 Å². The third kappa shape index (κ3) is 12.6. The van der Waals surface area contributed by atoms with E-state index in [2.05, 4.69) is 36.9 Å². The number of aromatic nitrogens is 2. The van der Waals surface area contributed by atoms with Gasteiger partial charge in [0.05, 0.1) is 50.7 Å². The minimum atomic E-state index is -0.706. The zero-order chi connectivity index (χ0) is 45.2. The summed E-state index contributed by atoms with van der Waals surface area (Å²) < 4.78 is 61.1. The van der Waals surface area contributed by atoms with Crippen LogP contribution in [-0.4, -0.2) is 46.5 Å². The quantitative estimate of drug-likeness (QED) is 0.0496. The highest BCUT2D eigenvalue weighted by Crippen LogP contribution is 2.38. The zero-order valence-corrected chi connectivity index (χ0v) is 39.4. The molecule has 20 heteroatoms. The molecule has 3 heterocycles. The number of hydrogen-bond donors (Lipinski definition) is 5. The van der Waals surface area contributed by atoms with E-state index in [0.29, 0.717) is 43.4 Å². The van der Waals surface area contributed by atoms with Crippen LogP contribution >= 0.6 is 81.6 Å². The number of nitrogens with zero attached hydrogens (tertiary/aromatic N) is 3. The average molecular weight is 1010 g/mol. The third-order valence-electron chi connectivity index (χ3n) is 10.1.